The van der Waals surface area contributed by atoms with Gasteiger partial charge in [0, 0.05) is 0 Å². The first-order valence-electron chi connectivity index (χ1n) is 5.79. The molecule has 104 valence electrons. The largest absolute Gasteiger partial charge is 0.495 e. The summed E-state index contributed by atoms with van der Waals surface area (Å²) < 4.78 is 5.07. The van der Waals surface area contributed by atoms with Crippen LogP contribution in [0.3, 0.4) is 0 Å². The topological polar surface area (TPSA) is 75.6 Å². The molecule has 2 N–H and O–H groups in total. The number of benzene rings is 1. The number of methoxy groups -OCH3 is 1. The summed E-state index contributed by atoms with van der Waals surface area (Å²) in [6.45, 7) is 1.79. The summed E-state index contributed by atoms with van der Waals surface area (Å²) in [5.41, 5.74) is 1.14. The molecule has 0 spiro atoms. The fourth-order valence-electron chi connectivity index (χ4n) is 1.75. The van der Waals surface area contributed by atoms with Gasteiger partial charge in [0.05, 0.1) is 18.4 Å². The van der Waals surface area contributed by atoms with Crippen LogP contribution in [0.15, 0.2) is 29.6 Å². The Morgan fingerprint density at radius 2 is 2.05 bits per heavy atom. The van der Waals surface area contributed by atoms with E-state index in [1.807, 2.05) is 0 Å². The number of amides is 1. The molecule has 0 atom stereocenters. The molecule has 1 amide bonds. The number of carbonyl (C=O) groups is 2. The van der Waals surface area contributed by atoms with Crippen molar-refractivity contribution < 1.29 is 19.4 Å². The van der Waals surface area contributed by atoms with E-state index in [9.17, 15) is 9.59 Å². The van der Waals surface area contributed by atoms with Crippen LogP contribution in [0.25, 0.3) is 0 Å². The average molecular weight is 291 g/mol. The molecule has 0 saturated heterocycles. The predicted molar refractivity (Wildman–Crippen MR) is 77.0 cm³/mol. The van der Waals surface area contributed by atoms with Gasteiger partial charge in [0.15, 0.2) is 0 Å². The molecule has 0 unspecified atom stereocenters. The molecule has 5 nitrogen and oxygen atoms in total. The zero-order chi connectivity index (χ0) is 14.7. The number of aromatic carboxylic acids is 1. The fraction of sp³-hybridized carbons (Fsp3) is 0.143. The van der Waals surface area contributed by atoms with Gasteiger partial charge in [0.1, 0.15) is 10.6 Å². The molecule has 0 bridgehead atoms. The molecule has 1 heterocycles. The number of thiophene rings is 1. The normalized spacial score (nSPS) is 10.1. The Morgan fingerprint density at radius 3 is 2.70 bits per heavy atom. The SMILES string of the molecule is COc1ccsc1C(=O)Nc1ccc(C)cc1C(=O)O. The molecule has 2 aromatic rings. The van der Waals surface area contributed by atoms with Gasteiger partial charge in [-0.2, -0.15) is 0 Å². The highest BCUT2D eigenvalue weighted by atomic mass is 32.1. The van der Waals surface area contributed by atoms with Crippen LogP contribution in [0.2, 0.25) is 0 Å². The summed E-state index contributed by atoms with van der Waals surface area (Å²) in [6.07, 6.45) is 0. The Hall–Kier alpha value is -2.34. The van der Waals surface area contributed by atoms with E-state index >= 15 is 0 Å². The Balaban J connectivity index is 2.31. The molecular weight excluding hydrogens is 278 g/mol. The van der Waals surface area contributed by atoms with E-state index in [-0.39, 0.29) is 17.2 Å². The van der Waals surface area contributed by atoms with Crippen molar-refractivity contribution in [3.05, 3.63) is 45.6 Å². The number of rotatable bonds is 4. The van der Waals surface area contributed by atoms with Gasteiger partial charge in [-0.05, 0) is 30.5 Å². The third-order valence-electron chi connectivity index (χ3n) is 2.71. The van der Waals surface area contributed by atoms with Crippen molar-refractivity contribution in [2.45, 2.75) is 6.92 Å². The second kappa shape index (κ2) is 5.75. The number of nitrogens with one attached hydrogen (secondary N) is 1. The lowest BCUT2D eigenvalue weighted by Gasteiger charge is -2.09. The average Bonchev–Trinajstić information content (AvgIpc) is 2.89. The Bertz CT molecular complexity index is 663. The van der Waals surface area contributed by atoms with Crippen LogP contribution >= 0.6 is 11.3 Å². The molecule has 0 saturated carbocycles. The summed E-state index contributed by atoms with van der Waals surface area (Å²) in [7, 11) is 1.48. The van der Waals surface area contributed by atoms with Crippen molar-refractivity contribution in [1.82, 2.24) is 0 Å². The highest BCUT2D eigenvalue weighted by Crippen LogP contribution is 2.26. The molecule has 1 aromatic heterocycles. The first-order valence-corrected chi connectivity index (χ1v) is 6.67. The minimum Gasteiger partial charge on any atom is -0.495 e. The molecule has 1 aromatic carbocycles. The highest BCUT2D eigenvalue weighted by Gasteiger charge is 2.17. The van der Waals surface area contributed by atoms with Crippen molar-refractivity contribution >= 4 is 28.9 Å². The van der Waals surface area contributed by atoms with Crippen LogP contribution in [0.5, 0.6) is 5.75 Å². The van der Waals surface area contributed by atoms with Crippen LogP contribution in [0, 0.1) is 6.92 Å². The number of carboxylic acid groups (broad SMARTS) is 1. The molecule has 6 heteroatoms. The number of hydrogen-bond acceptors (Lipinski definition) is 4. The van der Waals surface area contributed by atoms with Crippen LogP contribution in [0.4, 0.5) is 5.69 Å². The van der Waals surface area contributed by atoms with Crippen LogP contribution in [0.1, 0.15) is 25.6 Å². The smallest absolute Gasteiger partial charge is 0.337 e. The summed E-state index contributed by atoms with van der Waals surface area (Å²) in [4.78, 5) is 23.7. The van der Waals surface area contributed by atoms with E-state index in [0.717, 1.165) is 5.56 Å². The van der Waals surface area contributed by atoms with Crippen LogP contribution in [-0.4, -0.2) is 24.1 Å². The Labute approximate surface area is 119 Å². The highest BCUT2D eigenvalue weighted by molar-refractivity contribution is 7.12. The minimum absolute atomic E-state index is 0.0638. The third-order valence-corrected chi connectivity index (χ3v) is 3.60. The van der Waals surface area contributed by atoms with Gasteiger partial charge in [-0.1, -0.05) is 11.6 Å². The van der Waals surface area contributed by atoms with E-state index in [4.69, 9.17) is 9.84 Å². The summed E-state index contributed by atoms with van der Waals surface area (Å²) in [6, 6.07) is 6.53. The second-order valence-electron chi connectivity index (χ2n) is 4.13. The van der Waals surface area contributed by atoms with Gasteiger partial charge in [0.25, 0.3) is 5.91 Å². The predicted octanol–water partition coefficient (Wildman–Crippen LogP) is 3.02. The van der Waals surface area contributed by atoms with Crippen molar-refractivity contribution in [2.75, 3.05) is 12.4 Å². The number of anilines is 1. The van der Waals surface area contributed by atoms with Gasteiger partial charge >= 0.3 is 5.97 Å². The standard InChI is InChI=1S/C14H13NO4S/c1-8-3-4-10(9(7-8)14(17)18)15-13(16)12-11(19-2)5-6-20-12/h3-7H,1-2H3,(H,15,16)(H,17,18). The molecule has 0 aliphatic heterocycles. The van der Waals surface area contributed by atoms with Gasteiger partial charge < -0.3 is 15.2 Å². The first kappa shape index (κ1) is 14.1. The lowest BCUT2D eigenvalue weighted by molar-refractivity contribution is 0.0698. The quantitative estimate of drug-likeness (QED) is 0.908. The maximum atomic E-state index is 12.1. The maximum absolute atomic E-state index is 12.1. The van der Waals surface area contributed by atoms with Crippen molar-refractivity contribution in [3.8, 4) is 5.75 Å². The van der Waals surface area contributed by atoms with E-state index in [2.05, 4.69) is 5.32 Å². The Kier molecular flexibility index (Phi) is 4.05. The Morgan fingerprint density at radius 1 is 1.30 bits per heavy atom. The van der Waals surface area contributed by atoms with E-state index < -0.39 is 5.97 Å². The summed E-state index contributed by atoms with van der Waals surface area (Å²) in [5, 5.41) is 13.5. The molecule has 0 radical (unpaired) electrons. The zero-order valence-electron chi connectivity index (χ0n) is 11.0. The molecule has 20 heavy (non-hydrogen) atoms. The van der Waals surface area contributed by atoms with Crippen molar-refractivity contribution in [3.63, 3.8) is 0 Å². The first-order chi connectivity index (χ1) is 9.52. The van der Waals surface area contributed by atoms with Gasteiger partial charge in [-0.15, -0.1) is 11.3 Å². The number of ether oxygens (including phenoxy) is 1. The number of hydrogen-bond donors (Lipinski definition) is 2. The van der Waals surface area contributed by atoms with Gasteiger partial charge in [-0.25, -0.2) is 4.79 Å². The monoisotopic (exact) mass is 291 g/mol. The van der Waals surface area contributed by atoms with Gasteiger partial charge in [0.2, 0.25) is 0 Å². The van der Waals surface area contributed by atoms with E-state index in [1.54, 1.807) is 30.5 Å². The molecular formula is C14H13NO4S. The molecule has 0 fully saturated rings. The summed E-state index contributed by atoms with van der Waals surface area (Å²) >= 11 is 1.23. The van der Waals surface area contributed by atoms with E-state index in [0.29, 0.717) is 10.6 Å². The minimum atomic E-state index is -1.08. The van der Waals surface area contributed by atoms with Gasteiger partial charge in [-0.3, -0.25) is 4.79 Å². The van der Waals surface area contributed by atoms with Crippen LogP contribution < -0.4 is 10.1 Å². The second-order valence-corrected chi connectivity index (χ2v) is 5.04. The zero-order valence-corrected chi connectivity index (χ0v) is 11.8. The van der Waals surface area contributed by atoms with E-state index in [1.165, 1.54) is 24.5 Å². The molecule has 2 rings (SSSR count). The number of aryl methyl sites for hydroxylation is 1. The fourth-order valence-corrected chi connectivity index (χ4v) is 2.50. The number of carbonyl (C=O) groups excluding carboxylic acids is 1. The third kappa shape index (κ3) is 2.80. The number of carboxylic acids is 1. The maximum Gasteiger partial charge on any atom is 0.337 e. The molecule has 0 aliphatic carbocycles. The lowest BCUT2D eigenvalue weighted by Crippen LogP contribution is -2.14. The molecule has 0 aliphatic rings. The lowest BCUT2D eigenvalue weighted by atomic mass is 10.1. The van der Waals surface area contributed by atoms with Crippen molar-refractivity contribution in [1.29, 1.82) is 0 Å². The van der Waals surface area contributed by atoms with Crippen LogP contribution in [-0.2, 0) is 0 Å². The van der Waals surface area contributed by atoms with Crippen molar-refractivity contribution in [2.24, 2.45) is 0 Å². The summed E-state index contributed by atoms with van der Waals surface area (Å²) in [5.74, 6) is -0.998.